The Balaban J connectivity index is 1.57. The maximum absolute atomic E-state index is 13.0. The van der Waals surface area contributed by atoms with Crippen LogP contribution in [0.4, 0.5) is 4.79 Å². The lowest BCUT2D eigenvalue weighted by Gasteiger charge is -2.40. The van der Waals surface area contributed by atoms with Gasteiger partial charge in [-0.25, -0.2) is 4.79 Å². The summed E-state index contributed by atoms with van der Waals surface area (Å²) in [5.74, 6) is 0.153. The normalized spacial score (nSPS) is 25.2. The lowest BCUT2D eigenvalue weighted by atomic mass is 9.71. The molecule has 3 N–H and O–H groups in total. The van der Waals surface area contributed by atoms with Gasteiger partial charge in [-0.2, -0.15) is 0 Å². The molecule has 9 nitrogen and oxygen atoms in total. The van der Waals surface area contributed by atoms with Gasteiger partial charge in [0.2, 0.25) is 12.0 Å². The van der Waals surface area contributed by atoms with Crippen LogP contribution in [0.5, 0.6) is 11.5 Å². The van der Waals surface area contributed by atoms with Gasteiger partial charge in [0.1, 0.15) is 12.2 Å². The van der Waals surface area contributed by atoms with E-state index >= 15 is 0 Å². The Labute approximate surface area is 182 Å². The summed E-state index contributed by atoms with van der Waals surface area (Å²) in [5.41, 5.74) is 3.41. The van der Waals surface area contributed by atoms with Crippen LogP contribution in [0.1, 0.15) is 53.4 Å². The summed E-state index contributed by atoms with van der Waals surface area (Å²) in [4.78, 5) is 37.7. The Morgan fingerprint density at radius 3 is 2.52 bits per heavy atom. The molecule has 3 rings (SSSR count). The van der Waals surface area contributed by atoms with E-state index in [1.54, 1.807) is 45.9 Å². The van der Waals surface area contributed by atoms with E-state index in [4.69, 9.17) is 14.2 Å². The van der Waals surface area contributed by atoms with E-state index in [0.29, 0.717) is 24.3 Å². The van der Waals surface area contributed by atoms with E-state index in [0.717, 1.165) is 12.8 Å². The zero-order valence-electron chi connectivity index (χ0n) is 18.4. The Bertz CT molecular complexity index is 837. The molecule has 1 aromatic rings. The maximum atomic E-state index is 13.0. The van der Waals surface area contributed by atoms with Gasteiger partial charge >= 0.3 is 6.09 Å². The van der Waals surface area contributed by atoms with Gasteiger partial charge in [0.25, 0.3) is 5.91 Å². The predicted molar refractivity (Wildman–Crippen MR) is 112 cm³/mol. The molecule has 1 aliphatic heterocycles. The second-order valence-electron chi connectivity index (χ2n) is 9.17. The van der Waals surface area contributed by atoms with Gasteiger partial charge in [-0.15, -0.1) is 0 Å². The van der Waals surface area contributed by atoms with Crippen molar-refractivity contribution in [2.75, 3.05) is 6.61 Å². The monoisotopic (exact) mass is 433 g/mol. The van der Waals surface area contributed by atoms with Gasteiger partial charge < -0.3 is 19.5 Å². The minimum Gasteiger partial charge on any atom is -0.485 e. The first-order chi connectivity index (χ1) is 14.6. The van der Waals surface area contributed by atoms with Crippen molar-refractivity contribution >= 4 is 17.9 Å². The molecular formula is C22H31N3O6. The molecule has 170 valence electrons. The number of rotatable bonds is 3. The quantitative estimate of drug-likeness (QED) is 0.631. The summed E-state index contributed by atoms with van der Waals surface area (Å²) in [6.07, 6.45) is 1.52. The molecule has 1 heterocycles. The minimum atomic E-state index is -0.890. The van der Waals surface area contributed by atoms with E-state index in [-0.39, 0.29) is 12.5 Å². The van der Waals surface area contributed by atoms with Crippen molar-refractivity contribution in [1.29, 1.82) is 0 Å². The van der Waals surface area contributed by atoms with Crippen molar-refractivity contribution in [2.24, 2.45) is 5.41 Å². The molecule has 1 saturated carbocycles. The van der Waals surface area contributed by atoms with Gasteiger partial charge in [0, 0.05) is 6.04 Å². The summed E-state index contributed by atoms with van der Waals surface area (Å²) in [7, 11) is 0. The average Bonchev–Trinajstić information content (AvgIpc) is 2.71. The molecule has 0 spiro atoms. The molecule has 1 aliphatic carbocycles. The van der Waals surface area contributed by atoms with Crippen molar-refractivity contribution in [3.05, 3.63) is 24.3 Å². The molecule has 1 aromatic carbocycles. The van der Waals surface area contributed by atoms with Crippen LogP contribution in [0.2, 0.25) is 0 Å². The second-order valence-corrected chi connectivity index (χ2v) is 9.17. The summed E-state index contributed by atoms with van der Waals surface area (Å²) in [6.45, 7) is 7.17. The van der Waals surface area contributed by atoms with Gasteiger partial charge in [-0.1, -0.05) is 25.0 Å². The van der Waals surface area contributed by atoms with Crippen LogP contribution >= 0.6 is 0 Å². The van der Waals surface area contributed by atoms with Crippen LogP contribution in [0.15, 0.2) is 24.3 Å². The van der Waals surface area contributed by atoms with Gasteiger partial charge in [-0.05, 0) is 52.7 Å². The zero-order valence-corrected chi connectivity index (χ0v) is 18.4. The molecule has 0 radical (unpaired) electrons. The molecule has 2 aliphatic rings. The number of hydrogen-bond donors (Lipinski definition) is 3. The molecule has 3 atom stereocenters. The number of ether oxygens (including phenoxy) is 3. The van der Waals surface area contributed by atoms with E-state index in [1.165, 1.54) is 0 Å². The Morgan fingerprint density at radius 1 is 1.10 bits per heavy atom. The first-order valence-corrected chi connectivity index (χ1v) is 10.6. The molecule has 1 fully saturated rings. The predicted octanol–water partition coefficient (Wildman–Crippen LogP) is 2.45. The summed E-state index contributed by atoms with van der Waals surface area (Å²) in [6, 6.07) is 6.66. The number of alkyl carbamates (subject to hydrolysis) is 1. The van der Waals surface area contributed by atoms with E-state index < -0.39 is 35.2 Å². The van der Waals surface area contributed by atoms with Crippen LogP contribution in [0, 0.1) is 5.41 Å². The van der Waals surface area contributed by atoms with Crippen LogP contribution in [-0.4, -0.2) is 42.3 Å². The number of hydrogen-bond acceptors (Lipinski definition) is 6. The molecule has 31 heavy (non-hydrogen) atoms. The number of carbonyl (C=O) groups is 3. The fourth-order valence-electron chi connectivity index (χ4n) is 3.78. The molecule has 0 bridgehead atoms. The average molecular weight is 434 g/mol. The highest BCUT2D eigenvalue weighted by Gasteiger charge is 2.44. The SMILES string of the molecule is CC(C)(C)OC(=O)N[C@@H]1CCCC[C@@]1(C)C(=O)NNC(=O)[C@@H]1COc2ccccc2O1. The summed E-state index contributed by atoms with van der Waals surface area (Å²) < 4.78 is 16.5. The topological polar surface area (TPSA) is 115 Å². The van der Waals surface area contributed by atoms with E-state index in [1.807, 2.05) is 6.07 Å². The first kappa shape index (κ1) is 22.7. The molecule has 0 unspecified atom stereocenters. The highest BCUT2D eigenvalue weighted by Crippen LogP contribution is 2.36. The number of para-hydroxylation sites is 2. The highest BCUT2D eigenvalue weighted by atomic mass is 16.6. The molecule has 0 aromatic heterocycles. The third kappa shape index (κ3) is 5.59. The largest absolute Gasteiger partial charge is 0.485 e. The Morgan fingerprint density at radius 2 is 1.81 bits per heavy atom. The lowest BCUT2D eigenvalue weighted by Crippen LogP contribution is -2.60. The number of fused-ring (bicyclic) bond motifs is 1. The second kappa shape index (κ2) is 9.03. The number of hydrazine groups is 1. The van der Waals surface area contributed by atoms with Gasteiger partial charge in [-0.3, -0.25) is 20.4 Å². The smallest absolute Gasteiger partial charge is 0.407 e. The number of nitrogens with one attached hydrogen (secondary N) is 3. The van der Waals surface area contributed by atoms with Crippen molar-refractivity contribution in [2.45, 2.75) is 71.1 Å². The van der Waals surface area contributed by atoms with Gasteiger partial charge in [0.15, 0.2) is 11.5 Å². The minimum absolute atomic E-state index is 0.0405. The standard InChI is InChI=1S/C22H31N3O6/c1-21(2,3)31-20(28)23-17-11-7-8-12-22(17,4)19(27)25-24-18(26)16-13-29-14-9-5-6-10-15(14)30-16/h5-6,9-10,16-17H,7-8,11-13H2,1-4H3,(H,23,28)(H,24,26)(H,25,27)/t16-,17+,22+/m0/s1. The number of benzene rings is 1. The Hall–Kier alpha value is -2.97. The fraction of sp³-hybridized carbons (Fsp3) is 0.591. The number of carbonyl (C=O) groups excluding carboxylic acids is 3. The summed E-state index contributed by atoms with van der Waals surface area (Å²) in [5, 5.41) is 2.83. The van der Waals surface area contributed by atoms with Crippen molar-refractivity contribution in [3.8, 4) is 11.5 Å². The first-order valence-electron chi connectivity index (χ1n) is 10.6. The van der Waals surface area contributed by atoms with Crippen LogP contribution in [0.25, 0.3) is 0 Å². The van der Waals surface area contributed by atoms with E-state index in [9.17, 15) is 14.4 Å². The van der Waals surface area contributed by atoms with Gasteiger partial charge in [0.05, 0.1) is 5.41 Å². The van der Waals surface area contributed by atoms with Crippen molar-refractivity contribution < 1.29 is 28.6 Å². The maximum Gasteiger partial charge on any atom is 0.407 e. The summed E-state index contributed by atoms with van der Waals surface area (Å²) >= 11 is 0. The van der Waals surface area contributed by atoms with E-state index in [2.05, 4.69) is 16.2 Å². The zero-order chi connectivity index (χ0) is 22.6. The van der Waals surface area contributed by atoms with Crippen molar-refractivity contribution in [1.82, 2.24) is 16.2 Å². The highest BCUT2D eigenvalue weighted by molar-refractivity contribution is 5.88. The fourth-order valence-corrected chi connectivity index (χ4v) is 3.78. The van der Waals surface area contributed by atoms with Crippen LogP contribution < -0.4 is 25.6 Å². The third-order valence-electron chi connectivity index (χ3n) is 5.52. The number of amides is 3. The van der Waals surface area contributed by atoms with Crippen molar-refractivity contribution in [3.63, 3.8) is 0 Å². The molecule has 0 saturated heterocycles. The van der Waals surface area contributed by atoms with Crippen LogP contribution in [-0.2, 0) is 14.3 Å². The molecule has 3 amide bonds. The lowest BCUT2D eigenvalue weighted by molar-refractivity contribution is -0.140. The van der Waals surface area contributed by atoms with Crippen LogP contribution in [0.3, 0.4) is 0 Å². The Kier molecular flexibility index (Phi) is 6.62. The third-order valence-corrected chi connectivity index (χ3v) is 5.52. The molecule has 9 heteroatoms. The molecular weight excluding hydrogens is 402 g/mol.